The highest BCUT2D eigenvalue weighted by molar-refractivity contribution is 5.80. The third-order valence-corrected chi connectivity index (χ3v) is 3.65. The van der Waals surface area contributed by atoms with Gasteiger partial charge in [0.2, 0.25) is 0 Å². The summed E-state index contributed by atoms with van der Waals surface area (Å²) in [4.78, 5) is 0. The van der Waals surface area contributed by atoms with Crippen LogP contribution < -0.4 is 0 Å². The Morgan fingerprint density at radius 2 is 1.39 bits per heavy atom. The zero-order chi connectivity index (χ0) is 16.2. The van der Waals surface area contributed by atoms with Crippen LogP contribution in [-0.2, 0) is 0 Å². The maximum absolute atomic E-state index is 13.9. The van der Waals surface area contributed by atoms with Gasteiger partial charge in [-0.15, -0.1) is 0 Å². The average molecular weight is 298 g/mol. The average Bonchev–Trinajstić information content (AvgIpc) is 2.62. The Labute approximate surface area is 133 Å². The maximum Gasteiger partial charge on any atom is 0.141 e. The molecule has 3 rings (SSSR count). The van der Waals surface area contributed by atoms with Crippen molar-refractivity contribution < 1.29 is 4.39 Å². The highest BCUT2D eigenvalue weighted by atomic mass is 19.1. The lowest BCUT2D eigenvalue weighted by atomic mass is 9.92. The first kappa shape index (κ1) is 14.5. The number of hydrogen-bond acceptors (Lipinski definition) is 2. The number of benzene rings is 3. The predicted molar refractivity (Wildman–Crippen MR) is 86.7 cm³/mol. The molecule has 0 bridgehead atoms. The first-order chi connectivity index (χ1) is 11.2. The van der Waals surface area contributed by atoms with Crippen molar-refractivity contribution in [1.29, 1.82) is 10.5 Å². The van der Waals surface area contributed by atoms with E-state index in [4.69, 9.17) is 0 Å². The molecule has 0 saturated carbocycles. The molecule has 0 aromatic heterocycles. The third-order valence-electron chi connectivity index (χ3n) is 3.65. The number of rotatable bonds is 2. The van der Waals surface area contributed by atoms with Gasteiger partial charge in [-0.2, -0.15) is 10.5 Å². The van der Waals surface area contributed by atoms with Crippen LogP contribution in [0.5, 0.6) is 0 Å². The van der Waals surface area contributed by atoms with Gasteiger partial charge in [0.25, 0.3) is 0 Å². The van der Waals surface area contributed by atoms with E-state index < -0.39 is 5.82 Å². The minimum absolute atomic E-state index is 0.103. The molecule has 23 heavy (non-hydrogen) atoms. The molecule has 108 valence electrons. The minimum Gasteiger partial charge on any atom is -0.206 e. The third kappa shape index (κ3) is 2.69. The first-order valence-corrected chi connectivity index (χ1v) is 7.03. The monoisotopic (exact) mass is 298 g/mol. The van der Waals surface area contributed by atoms with Crippen molar-refractivity contribution in [2.75, 3.05) is 0 Å². The van der Waals surface area contributed by atoms with E-state index in [1.54, 1.807) is 6.07 Å². The normalized spacial score (nSPS) is 9.87. The summed E-state index contributed by atoms with van der Waals surface area (Å²) in [5, 5.41) is 18.6. The molecule has 3 heteroatoms. The van der Waals surface area contributed by atoms with Gasteiger partial charge in [0.05, 0.1) is 17.2 Å². The minimum atomic E-state index is -0.619. The summed E-state index contributed by atoms with van der Waals surface area (Å²) in [5.74, 6) is -0.619. The molecule has 3 aromatic carbocycles. The second kappa shape index (κ2) is 6.13. The molecule has 0 radical (unpaired) electrons. The fourth-order valence-electron chi connectivity index (χ4n) is 2.56. The molecule has 0 heterocycles. The topological polar surface area (TPSA) is 47.6 Å². The van der Waals surface area contributed by atoms with Crippen molar-refractivity contribution in [3.8, 4) is 34.4 Å². The second-order valence-corrected chi connectivity index (χ2v) is 5.02. The lowest BCUT2D eigenvalue weighted by Gasteiger charge is -2.10. The maximum atomic E-state index is 13.9. The van der Waals surface area contributed by atoms with Gasteiger partial charge in [-0.1, -0.05) is 48.5 Å². The Hall–Kier alpha value is -3.43. The molecule has 0 aliphatic rings. The van der Waals surface area contributed by atoms with E-state index in [1.807, 2.05) is 60.7 Å². The van der Waals surface area contributed by atoms with Gasteiger partial charge in [-0.25, -0.2) is 4.39 Å². The van der Waals surface area contributed by atoms with Crippen molar-refractivity contribution in [3.05, 3.63) is 83.7 Å². The Bertz CT molecular complexity index is 948. The predicted octanol–water partition coefficient (Wildman–Crippen LogP) is 4.90. The number of nitrogens with zero attached hydrogens (tertiary/aromatic N) is 2. The summed E-state index contributed by atoms with van der Waals surface area (Å²) < 4.78 is 13.9. The summed E-state index contributed by atoms with van der Waals surface area (Å²) in [6.45, 7) is 0. The van der Waals surface area contributed by atoms with Crippen molar-refractivity contribution in [2.24, 2.45) is 0 Å². The lowest BCUT2D eigenvalue weighted by Crippen LogP contribution is -1.94. The molecule has 0 unspecified atom stereocenters. The molecule has 3 aromatic rings. The van der Waals surface area contributed by atoms with Crippen molar-refractivity contribution in [2.45, 2.75) is 0 Å². The number of halogens is 1. The van der Waals surface area contributed by atoms with Gasteiger partial charge in [0.15, 0.2) is 0 Å². The van der Waals surface area contributed by atoms with Crippen molar-refractivity contribution >= 4 is 0 Å². The van der Waals surface area contributed by atoms with Gasteiger partial charge in [-0.3, -0.25) is 0 Å². The zero-order valence-corrected chi connectivity index (χ0v) is 12.1. The summed E-state index contributed by atoms with van der Waals surface area (Å²) >= 11 is 0. The van der Waals surface area contributed by atoms with Crippen LogP contribution in [0.2, 0.25) is 0 Å². The van der Waals surface area contributed by atoms with Crippen LogP contribution in [0, 0.1) is 28.5 Å². The van der Waals surface area contributed by atoms with Gasteiger partial charge in [0, 0.05) is 5.56 Å². The van der Waals surface area contributed by atoms with E-state index >= 15 is 0 Å². The molecule has 0 aliphatic carbocycles. The van der Waals surface area contributed by atoms with Gasteiger partial charge in [0.1, 0.15) is 11.9 Å². The molecule has 0 amide bonds. The van der Waals surface area contributed by atoms with E-state index in [9.17, 15) is 14.9 Å². The fraction of sp³-hybridized carbons (Fsp3) is 0. The summed E-state index contributed by atoms with van der Waals surface area (Å²) in [7, 11) is 0. The van der Waals surface area contributed by atoms with Crippen LogP contribution in [0.25, 0.3) is 22.3 Å². The molecule has 0 saturated heterocycles. The van der Waals surface area contributed by atoms with Crippen LogP contribution >= 0.6 is 0 Å². The van der Waals surface area contributed by atoms with Crippen LogP contribution in [0.3, 0.4) is 0 Å². The summed E-state index contributed by atoms with van der Waals surface area (Å²) in [6, 6.07) is 23.6. The van der Waals surface area contributed by atoms with E-state index in [1.165, 1.54) is 6.07 Å². The fourth-order valence-corrected chi connectivity index (χ4v) is 2.56. The van der Waals surface area contributed by atoms with Crippen LogP contribution in [-0.4, -0.2) is 0 Å². The van der Waals surface area contributed by atoms with E-state index in [-0.39, 0.29) is 11.1 Å². The largest absolute Gasteiger partial charge is 0.206 e. The Morgan fingerprint density at radius 3 is 2.09 bits per heavy atom. The van der Waals surface area contributed by atoms with Crippen molar-refractivity contribution in [1.82, 2.24) is 0 Å². The Balaban J connectivity index is 2.24. The van der Waals surface area contributed by atoms with Crippen molar-refractivity contribution in [3.63, 3.8) is 0 Å². The highest BCUT2D eigenvalue weighted by Crippen LogP contribution is 2.32. The van der Waals surface area contributed by atoms with Gasteiger partial charge >= 0.3 is 0 Å². The summed E-state index contributed by atoms with van der Waals surface area (Å²) in [6.07, 6.45) is 0. The highest BCUT2D eigenvalue weighted by Gasteiger charge is 2.15. The first-order valence-electron chi connectivity index (χ1n) is 7.03. The Kier molecular flexibility index (Phi) is 3.87. The molecule has 0 atom stereocenters. The zero-order valence-electron chi connectivity index (χ0n) is 12.1. The molecule has 0 spiro atoms. The van der Waals surface area contributed by atoms with E-state index in [0.29, 0.717) is 11.1 Å². The molecule has 0 N–H and O–H groups in total. The molecule has 0 fully saturated rings. The van der Waals surface area contributed by atoms with E-state index in [0.717, 1.165) is 17.2 Å². The van der Waals surface area contributed by atoms with Crippen LogP contribution in [0.15, 0.2) is 66.7 Å². The van der Waals surface area contributed by atoms with Gasteiger partial charge < -0.3 is 0 Å². The van der Waals surface area contributed by atoms with Crippen LogP contribution in [0.4, 0.5) is 4.39 Å². The van der Waals surface area contributed by atoms with Crippen LogP contribution in [0.1, 0.15) is 11.1 Å². The Morgan fingerprint density at radius 1 is 0.696 bits per heavy atom. The van der Waals surface area contributed by atoms with Gasteiger partial charge in [-0.05, 0) is 34.9 Å². The number of nitriles is 2. The molecule has 0 aliphatic heterocycles. The molecular weight excluding hydrogens is 287 g/mol. The smallest absolute Gasteiger partial charge is 0.141 e. The SMILES string of the molecule is N#Cc1ccc(F)c(C#N)c1-c1cccc(-c2ccccc2)c1. The lowest BCUT2D eigenvalue weighted by molar-refractivity contribution is 0.624. The second-order valence-electron chi connectivity index (χ2n) is 5.02. The molecule has 2 nitrogen and oxygen atoms in total. The summed E-state index contributed by atoms with van der Waals surface area (Å²) in [5.41, 5.74) is 3.14. The standard InChI is InChI=1S/C20H11FN2/c21-19-10-9-17(12-22)20(18(19)13-23)16-8-4-7-15(11-16)14-5-2-1-3-6-14/h1-11H. The quantitative estimate of drug-likeness (QED) is 0.675. The number of hydrogen-bond donors (Lipinski definition) is 0. The van der Waals surface area contributed by atoms with E-state index in [2.05, 4.69) is 0 Å². The molecular formula is C20H11FN2.